The van der Waals surface area contributed by atoms with E-state index in [0.717, 1.165) is 17.0 Å². The molecule has 0 aliphatic heterocycles. The number of nitrogens with zero attached hydrogens (tertiary/aromatic N) is 2. The van der Waals surface area contributed by atoms with Gasteiger partial charge in [-0.15, -0.1) is 0 Å². The average Bonchev–Trinajstić information content (AvgIpc) is 2.93. The van der Waals surface area contributed by atoms with Crippen LogP contribution in [0.1, 0.15) is 19.4 Å². The summed E-state index contributed by atoms with van der Waals surface area (Å²) in [6.45, 7) is 8.02. The van der Waals surface area contributed by atoms with Crippen molar-refractivity contribution in [3.05, 3.63) is 60.2 Å². The summed E-state index contributed by atoms with van der Waals surface area (Å²) in [4.78, 5) is 3.98. The van der Waals surface area contributed by atoms with Crippen LogP contribution >= 0.6 is 11.6 Å². The Morgan fingerprint density at radius 3 is 2.60 bits per heavy atom. The fourth-order valence-corrected chi connectivity index (χ4v) is 2.37. The first-order valence-electron chi connectivity index (χ1n) is 6.50. The number of benzene rings is 1. The van der Waals surface area contributed by atoms with Gasteiger partial charge in [0.25, 0.3) is 0 Å². The van der Waals surface area contributed by atoms with Crippen molar-refractivity contribution in [3.8, 4) is 0 Å². The molecule has 4 heteroatoms. The summed E-state index contributed by atoms with van der Waals surface area (Å²) >= 11 is 5.89. The minimum absolute atomic E-state index is 0.338. The van der Waals surface area contributed by atoms with E-state index in [2.05, 4.69) is 11.6 Å². The van der Waals surface area contributed by atoms with Crippen molar-refractivity contribution in [3.63, 3.8) is 0 Å². The van der Waals surface area contributed by atoms with Gasteiger partial charge in [-0.1, -0.05) is 44.2 Å². The van der Waals surface area contributed by atoms with Crippen LogP contribution in [-0.2, 0) is 6.42 Å². The summed E-state index contributed by atoms with van der Waals surface area (Å²) in [7, 11) is 0. The molecule has 0 amide bonds. The number of aliphatic hydroxyl groups excluding tert-OH is 1. The molecule has 2 aromatic rings. The van der Waals surface area contributed by atoms with Crippen molar-refractivity contribution in [1.82, 2.24) is 9.55 Å². The first-order valence-corrected chi connectivity index (χ1v) is 6.87. The van der Waals surface area contributed by atoms with Crippen LogP contribution in [0.5, 0.6) is 0 Å². The van der Waals surface area contributed by atoms with Crippen molar-refractivity contribution >= 4 is 17.3 Å². The Morgan fingerprint density at radius 2 is 2.05 bits per heavy atom. The number of hydrogen-bond donors (Lipinski definition) is 1. The normalized spacial score (nSPS) is 13.2. The van der Waals surface area contributed by atoms with Gasteiger partial charge >= 0.3 is 0 Å². The lowest BCUT2D eigenvalue weighted by Crippen LogP contribution is -2.33. The Morgan fingerprint density at radius 1 is 1.40 bits per heavy atom. The van der Waals surface area contributed by atoms with Crippen LogP contribution in [0.3, 0.4) is 0 Å². The SMILES string of the molecule is C=C(C(O)C(C)(C)Cc1ccc(Cl)cc1)n1ccnc1. The number of aliphatic hydroxyl groups is 1. The van der Waals surface area contributed by atoms with Crippen LogP contribution in [-0.4, -0.2) is 20.8 Å². The van der Waals surface area contributed by atoms with Crippen molar-refractivity contribution < 1.29 is 5.11 Å². The van der Waals surface area contributed by atoms with Gasteiger partial charge in [-0.2, -0.15) is 0 Å². The molecular weight excluding hydrogens is 272 g/mol. The Labute approximate surface area is 124 Å². The van der Waals surface area contributed by atoms with Gasteiger partial charge in [0.05, 0.1) is 12.4 Å². The van der Waals surface area contributed by atoms with Gasteiger partial charge in [-0.25, -0.2) is 4.98 Å². The molecule has 0 aliphatic carbocycles. The lowest BCUT2D eigenvalue weighted by Gasteiger charge is -2.32. The summed E-state index contributed by atoms with van der Waals surface area (Å²) in [5, 5.41) is 11.3. The zero-order valence-electron chi connectivity index (χ0n) is 11.8. The molecule has 1 aromatic heterocycles. The van der Waals surface area contributed by atoms with Gasteiger partial charge in [0, 0.05) is 28.5 Å². The number of rotatable bonds is 5. The molecule has 2 rings (SSSR count). The average molecular weight is 291 g/mol. The Hall–Kier alpha value is -1.58. The van der Waals surface area contributed by atoms with Gasteiger partial charge in [-0.3, -0.25) is 0 Å². The maximum absolute atomic E-state index is 10.6. The Bertz CT molecular complexity index is 573. The molecule has 0 saturated heterocycles. The topological polar surface area (TPSA) is 38.0 Å². The second kappa shape index (κ2) is 5.81. The highest BCUT2D eigenvalue weighted by molar-refractivity contribution is 6.30. The van der Waals surface area contributed by atoms with E-state index >= 15 is 0 Å². The molecule has 1 heterocycles. The van der Waals surface area contributed by atoms with E-state index in [1.807, 2.05) is 38.1 Å². The molecule has 106 valence electrons. The summed E-state index contributed by atoms with van der Waals surface area (Å²) in [5.41, 5.74) is 1.42. The van der Waals surface area contributed by atoms with E-state index in [9.17, 15) is 5.11 Å². The fourth-order valence-electron chi connectivity index (χ4n) is 2.25. The Kier molecular flexibility index (Phi) is 4.31. The lowest BCUT2D eigenvalue weighted by atomic mass is 9.79. The van der Waals surface area contributed by atoms with Gasteiger partial charge in [-0.05, 0) is 24.1 Å². The molecule has 0 fully saturated rings. The van der Waals surface area contributed by atoms with E-state index in [0.29, 0.717) is 5.70 Å². The van der Waals surface area contributed by atoms with Crippen LogP contribution in [0.25, 0.3) is 5.70 Å². The molecule has 1 N–H and O–H groups in total. The second-order valence-electron chi connectivity index (χ2n) is 5.66. The van der Waals surface area contributed by atoms with Crippen LogP contribution < -0.4 is 0 Å². The molecule has 0 saturated carbocycles. The van der Waals surface area contributed by atoms with E-state index in [-0.39, 0.29) is 5.41 Å². The fraction of sp³-hybridized carbons (Fsp3) is 0.312. The zero-order chi connectivity index (χ0) is 14.8. The minimum atomic E-state index is -0.660. The van der Waals surface area contributed by atoms with E-state index in [1.54, 1.807) is 23.3 Å². The first-order chi connectivity index (χ1) is 9.40. The standard InChI is InChI=1S/C16H19ClN2O/c1-12(19-9-8-18-11-19)15(20)16(2,3)10-13-4-6-14(17)7-5-13/h4-9,11,15,20H,1,10H2,2-3H3. The molecular formula is C16H19ClN2O. The first kappa shape index (κ1) is 14.8. The van der Waals surface area contributed by atoms with Gasteiger partial charge in [0.1, 0.15) is 0 Å². The van der Waals surface area contributed by atoms with Crippen molar-refractivity contribution in [2.75, 3.05) is 0 Å². The van der Waals surface area contributed by atoms with Gasteiger partial charge < -0.3 is 9.67 Å². The summed E-state index contributed by atoms with van der Waals surface area (Å²) in [6.07, 6.45) is 5.17. The van der Waals surface area contributed by atoms with Crippen LogP contribution in [0.4, 0.5) is 0 Å². The maximum Gasteiger partial charge on any atom is 0.0991 e. The highest BCUT2D eigenvalue weighted by Crippen LogP contribution is 2.31. The molecule has 0 radical (unpaired) electrons. The van der Waals surface area contributed by atoms with E-state index in [4.69, 9.17) is 11.6 Å². The smallest absolute Gasteiger partial charge is 0.0991 e. The van der Waals surface area contributed by atoms with Crippen molar-refractivity contribution in [2.24, 2.45) is 5.41 Å². The van der Waals surface area contributed by atoms with Gasteiger partial charge in [0.15, 0.2) is 0 Å². The number of imidazole rings is 1. The molecule has 3 nitrogen and oxygen atoms in total. The number of hydrogen-bond acceptors (Lipinski definition) is 2. The monoisotopic (exact) mass is 290 g/mol. The Balaban J connectivity index is 2.13. The predicted molar refractivity (Wildman–Crippen MR) is 82.5 cm³/mol. The highest BCUT2D eigenvalue weighted by Gasteiger charge is 2.30. The lowest BCUT2D eigenvalue weighted by molar-refractivity contribution is 0.0949. The quantitative estimate of drug-likeness (QED) is 0.913. The minimum Gasteiger partial charge on any atom is -0.386 e. The molecule has 0 bridgehead atoms. The molecule has 1 aromatic carbocycles. The molecule has 0 aliphatic rings. The third-order valence-electron chi connectivity index (χ3n) is 3.46. The van der Waals surface area contributed by atoms with Crippen LogP contribution in [0, 0.1) is 5.41 Å². The summed E-state index contributed by atoms with van der Waals surface area (Å²) < 4.78 is 1.74. The van der Waals surface area contributed by atoms with Crippen LogP contribution in [0.15, 0.2) is 49.6 Å². The molecule has 1 unspecified atom stereocenters. The molecule has 0 spiro atoms. The predicted octanol–water partition coefficient (Wildman–Crippen LogP) is 3.64. The third kappa shape index (κ3) is 3.30. The molecule has 1 atom stereocenters. The maximum atomic E-state index is 10.6. The highest BCUT2D eigenvalue weighted by atomic mass is 35.5. The van der Waals surface area contributed by atoms with E-state index in [1.165, 1.54) is 0 Å². The molecule has 20 heavy (non-hydrogen) atoms. The van der Waals surface area contributed by atoms with E-state index < -0.39 is 6.10 Å². The van der Waals surface area contributed by atoms with Crippen molar-refractivity contribution in [1.29, 1.82) is 0 Å². The summed E-state index contributed by atoms with van der Waals surface area (Å²) in [6, 6.07) is 7.70. The number of aromatic nitrogens is 2. The number of halogens is 1. The third-order valence-corrected chi connectivity index (χ3v) is 3.72. The second-order valence-corrected chi connectivity index (χ2v) is 6.09. The summed E-state index contributed by atoms with van der Waals surface area (Å²) in [5.74, 6) is 0. The van der Waals surface area contributed by atoms with Crippen LogP contribution in [0.2, 0.25) is 5.02 Å². The van der Waals surface area contributed by atoms with Gasteiger partial charge in [0.2, 0.25) is 0 Å². The zero-order valence-corrected chi connectivity index (χ0v) is 12.5. The largest absolute Gasteiger partial charge is 0.386 e. The van der Waals surface area contributed by atoms with Crippen molar-refractivity contribution in [2.45, 2.75) is 26.4 Å².